The number of hydrogen-bond acceptors (Lipinski definition) is 6. The summed E-state index contributed by atoms with van der Waals surface area (Å²) in [5.41, 5.74) is 1.37. The number of carbonyl (C=O) groups is 1. The first-order valence-corrected chi connectivity index (χ1v) is 9.78. The summed E-state index contributed by atoms with van der Waals surface area (Å²) in [6, 6.07) is 5.55. The summed E-state index contributed by atoms with van der Waals surface area (Å²) in [5, 5.41) is 11.2. The molecule has 152 valence electrons. The molecule has 2 aromatic heterocycles. The number of likely N-dealkylation sites (N-methyl/N-ethyl adjacent to an activating group) is 1. The Morgan fingerprint density at radius 2 is 2.17 bits per heavy atom. The lowest BCUT2D eigenvalue weighted by Crippen LogP contribution is -2.54. The fourth-order valence-electron chi connectivity index (χ4n) is 4.08. The summed E-state index contributed by atoms with van der Waals surface area (Å²) < 4.78 is 2.00. The number of aryl methyl sites for hydroxylation is 2. The van der Waals surface area contributed by atoms with Gasteiger partial charge in [0, 0.05) is 45.1 Å². The molecule has 3 heterocycles. The summed E-state index contributed by atoms with van der Waals surface area (Å²) in [6.45, 7) is 3.42. The van der Waals surface area contributed by atoms with E-state index in [1.807, 2.05) is 41.6 Å². The maximum absolute atomic E-state index is 13.0. The number of piperidine rings is 1. The molecule has 0 aliphatic carbocycles. The van der Waals surface area contributed by atoms with Gasteiger partial charge >= 0.3 is 0 Å². The predicted octanol–water partition coefficient (Wildman–Crippen LogP) is 1.78. The van der Waals surface area contributed by atoms with Gasteiger partial charge in [-0.15, -0.1) is 0 Å². The van der Waals surface area contributed by atoms with Gasteiger partial charge in [0.05, 0.1) is 29.4 Å². The van der Waals surface area contributed by atoms with E-state index in [2.05, 4.69) is 15.0 Å². The van der Waals surface area contributed by atoms with Gasteiger partial charge in [-0.1, -0.05) is 0 Å². The topological polar surface area (TPSA) is 87.4 Å². The number of aromatic nitrogens is 4. The zero-order valence-corrected chi connectivity index (χ0v) is 17.0. The lowest BCUT2D eigenvalue weighted by atomic mass is 9.92. The number of fused-ring (bicyclic) bond motifs is 1. The molecule has 1 aromatic carbocycles. The van der Waals surface area contributed by atoms with E-state index in [9.17, 15) is 9.90 Å². The molecule has 1 aliphatic rings. The number of imidazole rings is 1. The number of nitrogens with zero attached hydrogens (tertiary/aromatic N) is 6. The zero-order chi connectivity index (χ0) is 20.6. The lowest BCUT2D eigenvalue weighted by molar-refractivity contribution is -0.000140. The van der Waals surface area contributed by atoms with Crippen molar-refractivity contribution in [2.24, 2.45) is 7.05 Å². The Morgan fingerprint density at radius 3 is 2.93 bits per heavy atom. The summed E-state index contributed by atoms with van der Waals surface area (Å²) in [4.78, 5) is 29.6. The van der Waals surface area contributed by atoms with E-state index in [0.29, 0.717) is 18.5 Å². The average Bonchev–Trinajstić information content (AvgIpc) is 3.01. The second kappa shape index (κ2) is 7.44. The van der Waals surface area contributed by atoms with Crippen molar-refractivity contribution in [3.63, 3.8) is 0 Å². The van der Waals surface area contributed by atoms with Crippen molar-refractivity contribution in [2.45, 2.75) is 25.4 Å². The van der Waals surface area contributed by atoms with Gasteiger partial charge in [-0.2, -0.15) is 0 Å². The Bertz CT molecular complexity index is 1030. The van der Waals surface area contributed by atoms with E-state index in [-0.39, 0.29) is 12.5 Å². The van der Waals surface area contributed by atoms with E-state index < -0.39 is 5.60 Å². The third-order valence-electron chi connectivity index (χ3n) is 5.66. The summed E-state index contributed by atoms with van der Waals surface area (Å²) in [7, 11) is 3.69. The van der Waals surface area contributed by atoms with Gasteiger partial charge in [0.15, 0.2) is 0 Å². The second-order valence-corrected chi connectivity index (χ2v) is 7.90. The summed E-state index contributed by atoms with van der Waals surface area (Å²) in [6.07, 6.45) is 6.44. The summed E-state index contributed by atoms with van der Waals surface area (Å²) in [5.74, 6) is 1.52. The van der Waals surface area contributed by atoms with Gasteiger partial charge in [0.2, 0.25) is 0 Å². The molecule has 4 rings (SSSR count). The molecule has 8 heteroatoms. The highest BCUT2D eigenvalue weighted by atomic mass is 16.3. The van der Waals surface area contributed by atoms with Crippen LogP contribution in [-0.4, -0.2) is 67.7 Å². The minimum absolute atomic E-state index is 0.125. The number of amides is 1. The second-order valence-electron chi connectivity index (χ2n) is 7.90. The van der Waals surface area contributed by atoms with Crippen LogP contribution < -0.4 is 4.90 Å². The normalized spacial score (nSPS) is 19.5. The van der Waals surface area contributed by atoms with E-state index >= 15 is 0 Å². The SMILES string of the molecule is Cc1nc2cc(C(=O)N(C)CC3(O)CCCN(c4cnccn4)C3)ccc2n1C. The molecule has 29 heavy (non-hydrogen) atoms. The van der Waals surface area contributed by atoms with Gasteiger partial charge in [0.1, 0.15) is 11.6 Å². The fourth-order valence-corrected chi connectivity index (χ4v) is 4.08. The van der Waals surface area contributed by atoms with Crippen molar-refractivity contribution in [3.8, 4) is 0 Å². The van der Waals surface area contributed by atoms with Crippen molar-refractivity contribution < 1.29 is 9.90 Å². The zero-order valence-electron chi connectivity index (χ0n) is 17.0. The van der Waals surface area contributed by atoms with Crippen LogP contribution >= 0.6 is 0 Å². The molecule has 1 atom stereocenters. The Hall–Kier alpha value is -3.00. The van der Waals surface area contributed by atoms with Crippen LogP contribution in [0.25, 0.3) is 11.0 Å². The van der Waals surface area contributed by atoms with Gasteiger partial charge in [-0.05, 0) is 38.0 Å². The third-order valence-corrected chi connectivity index (χ3v) is 5.66. The van der Waals surface area contributed by atoms with Crippen molar-refractivity contribution in [1.82, 2.24) is 24.4 Å². The van der Waals surface area contributed by atoms with Crippen molar-refractivity contribution in [1.29, 1.82) is 0 Å². The first kappa shape index (κ1) is 19.3. The standard InChI is InChI=1S/C21H26N6O2/c1-15-24-17-11-16(5-6-18(17)26(15)3)20(28)25(2)13-21(29)7-4-10-27(14-21)19-12-22-8-9-23-19/h5-6,8-9,11-12,29H,4,7,10,13-14H2,1-3H3. The van der Waals surface area contributed by atoms with Crippen LogP contribution in [0.1, 0.15) is 29.0 Å². The smallest absolute Gasteiger partial charge is 0.253 e. The van der Waals surface area contributed by atoms with Crippen LogP contribution in [-0.2, 0) is 7.05 Å². The van der Waals surface area contributed by atoms with Crippen LogP contribution in [0.3, 0.4) is 0 Å². The van der Waals surface area contributed by atoms with E-state index in [1.165, 1.54) is 0 Å². The number of carbonyl (C=O) groups excluding carboxylic acids is 1. The van der Waals surface area contributed by atoms with E-state index in [1.54, 1.807) is 30.5 Å². The van der Waals surface area contributed by atoms with Crippen LogP contribution in [0, 0.1) is 6.92 Å². The Kier molecular flexibility index (Phi) is 4.96. The lowest BCUT2D eigenvalue weighted by Gasteiger charge is -2.41. The molecular weight excluding hydrogens is 368 g/mol. The number of aliphatic hydroxyl groups is 1. The Labute approximate surface area is 169 Å². The molecule has 1 unspecified atom stereocenters. The summed E-state index contributed by atoms with van der Waals surface area (Å²) >= 11 is 0. The van der Waals surface area contributed by atoms with Crippen molar-refractivity contribution >= 4 is 22.8 Å². The Morgan fingerprint density at radius 1 is 1.34 bits per heavy atom. The number of β-amino-alcohol motifs (C(OH)–C–C–N with tert-alkyl or cyclic N) is 1. The van der Waals surface area contributed by atoms with E-state index in [4.69, 9.17) is 0 Å². The Balaban J connectivity index is 1.49. The minimum atomic E-state index is -0.994. The average molecular weight is 394 g/mol. The van der Waals surface area contributed by atoms with E-state index in [0.717, 1.165) is 35.6 Å². The molecule has 1 N–H and O–H groups in total. The molecular formula is C21H26N6O2. The monoisotopic (exact) mass is 394 g/mol. The number of hydrogen-bond donors (Lipinski definition) is 1. The highest BCUT2D eigenvalue weighted by molar-refractivity contribution is 5.97. The molecule has 1 amide bonds. The molecule has 1 fully saturated rings. The first-order valence-electron chi connectivity index (χ1n) is 9.78. The van der Waals surface area contributed by atoms with Crippen molar-refractivity contribution in [2.75, 3.05) is 31.6 Å². The molecule has 0 bridgehead atoms. The van der Waals surface area contributed by atoms with Gasteiger partial charge < -0.3 is 19.5 Å². The number of rotatable bonds is 4. The quantitative estimate of drug-likeness (QED) is 0.726. The highest BCUT2D eigenvalue weighted by Crippen LogP contribution is 2.26. The predicted molar refractivity (Wildman–Crippen MR) is 111 cm³/mol. The van der Waals surface area contributed by atoms with Gasteiger partial charge in [0.25, 0.3) is 5.91 Å². The molecule has 0 radical (unpaired) electrons. The van der Waals surface area contributed by atoms with Crippen LogP contribution in [0.2, 0.25) is 0 Å². The molecule has 0 spiro atoms. The van der Waals surface area contributed by atoms with Gasteiger partial charge in [-0.3, -0.25) is 9.78 Å². The number of anilines is 1. The molecule has 1 aliphatic heterocycles. The van der Waals surface area contributed by atoms with Gasteiger partial charge in [-0.25, -0.2) is 9.97 Å². The minimum Gasteiger partial charge on any atom is -0.386 e. The molecule has 8 nitrogen and oxygen atoms in total. The fraction of sp³-hybridized carbons (Fsp3) is 0.429. The molecule has 3 aromatic rings. The number of benzene rings is 1. The van der Waals surface area contributed by atoms with Crippen molar-refractivity contribution in [3.05, 3.63) is 48.2 Å². The maximum Gasteiger partial charge on any atom is 0.253 e. The largest absolute Gasteiger partial charge is 0.386 e. The van der Waals surface area contributed by atoms with Crippen LogP contribution in [0.4, 0.5) is 5.82 Å². The first-order chi connectivity index (χ1) is 13.9. The van der Waals surface area contributed by atoms with Crippen LogP contribution in [0.5, 0.6) is 0 Å². The maximum atomic E-state index is 13.0. The van der Waals surface area contributed by atoms with Crippen LogP contribution in [0.15, 0.2) is 36.8 Å². The molecule has 0 saturated carbocycles. The molecule has 1 saturated heterocycles. The highest BCUT2D eigenvalue weighted by Gasteiger charge is 2.36. The third kappa shape index (κ3) is 3.80.